The Labute approximate surface area is 129 Å². The van der Waals surface area contributed by atoms with E-state index in [0.29, 0.717) is 18.1 Å². The van der Waals surface area contributed by atoms with Crippen LogP contribution in [0, 0.1) is 6.92 Å². The second kappa shape index (κ2) is 8.52. The van der Waals surface area contributed by atoms with Gasteiger partial charge in [-0.1, -0.05) is 24.3 Å². The summed E-state index contributed by atoms with van der Waals surface area (Å²) in [6, 6.07) is 8.72. The molecule has 1 saturated heterocycles. The van der Waals surface area contributed by atoms with E-state index in [1.54, 1.807) is 7.11 Å². The number of hydrogen-bond acceptors (Lipinski definition) is 3. The van der Waals surface area contributed by atoms with Crippen LogP contribution in [0.1, 0.15) is 43.2 Å². The molecule has 0 amide bonds. The van der Waals surface area contributed by atoms with Crippen LogP contribution in [0.3, 0.4) is 0 Å². The van der Waals surface area contributed by atoms with E-state index in [2.05, 4.69) is 43.4 Å². The molecule has 1 aliphatic rings. The molecule has 3 heteroatoms. The van der Waals surface area contributed by atoms with E-state index in [0.717, 1.165) is 26.1 Å². The van der Waals surface area contributed by atoms with Gasteiger partial charge in [-0.25, -0.2) is 0 Å². The first kappa shape index (κ1) is 16.5. The van der Waals surface area contributed by atoms with Crippen molar-refractivity contribution < 1.29 is 9.47 Å². The third-order valence-corrected chi connectivity index (χ3v) is 4.37. The summed E-state index contributed by atoms with van der Waals surface area (Å²) in [7, 11) is 1.74. The lowest BCUT2D eigenvalue weighted by Gasteiger charge is -2.23. The molecule has 0 aromatic heterocycles. The summed E-state index contributed by atoms with van der Waals surface area (Å²) in [5.74, 6) is 0.512. The zero-order chi connectivity index (χ0) is 15.1. The molecular formula is C18H29NO2. The fourth-order valence-electron chi connectivity index (χ4n) is 3.19. The van der Waals surface area contributed by atoms with E-state index in [1.165, 1.54) is 24.0 Å². The first-order chi connectivity index (χ1) is 10.2. The third-order valence-electron chi connectivity index (χ3n) is 4.37. The summed E-state index contributed by atoms with van der Waals surface area (Å²) < 4.78 is 11.1. The molecule has 21 heavy (non-hydrogen) atoms. The standard InChI is InChI=1S/C18H29NO2/c1-14-6-4-5-7-18(14)16(13-19-10-11-20-3)12-17-9-8-15(2)21-17/h4-7,15-17,19H,8-13H2,1-3H3. The molecule has 1 aromatic rings. The van der Waals surface area contributed by atoms with Gasteiger partial charge in [0.1, 0.15) is 0 Å². The monoisotopic (exact) mass is 291 g/mol. The van der Waals surface area contributed by atoms with Crippen molar-refractivity contribution in [2.75, 3.05) is 26.8 Å². The lowest BCUT2D eigenvalue weighted by Crippen LogP contribution is -2.27. The number of rotatable bonds is 8. The lowest BCUT2D eigenvalue weighted by atomic mass is 9.89. The first-order valence-electron chi connectivity index (χ1n) is 8.11. The van der Waals surface area contributed by atoms with Crippen molar-refractivity contribution in [3.63, 3.8) is 0 Å². The Morgan fingerprint density at radius 1 is 1.33 bits per heavy atom. The summed E-state index contributed by atoms with van der Waals surface area (Å²) in [5, 5.41) is 3.52. The molecule has 3 unspecified atom stereocenters. The summed E-state index contributed by atoms with van der Waals surface area (Å²) in [6.07, 6.45) is 4.33. The number of nitrogens with one attached hydrogen (secondary N) is 1. The predicted octanol–water partition coefficient (Wildman–Crippen LogP) is 3.27. The van der Waals surface area contributed by atoms with Crippen LogP contribution in [0.15, 0.2) is 24.3 Å². The molecule has 2 rings (SSSR count). The van der Waals surface area contributed by atoms with Gasteiger partial charge in [-0.05, 0) is 50.2 Å². The van der Waals surface area contributed by atoms with Gasteiger partial charge < -0.3 is 14.8 Å². The van der Waals surface area contributed by atoms with E-state index in [4.69, 9.17) is 9.47 Å². The Balaban J connectivity index is 1.98. The average molecular weight is 291 g/mol. The Hall–Kier alpha value is -0.900. The fourth-order valence-corrected chi connectivity index (χ4v) is 3.19. The van der Waals surface area contributed by atoms with Crippen LogP contribution in [0.5, 0.6) is 0 Å². The lowest BCUT2D eigenvalue weighted by molar-refractivity contribution is 0.0465. The molecule has 3 atom stereocenters. The van der Waals surface area contributed by atoms with Gasteiger partial charge in [0.15, 0.2) is 0 Å². The molecular weight excluding hydrogens is 262 g/mol. The van der Waals surface area contributed by atoms with Gasteiger partial charge in [-0.3, -0.25) is 0 Å². The quantitative estimate of drug-likeness (QED) is 0.746. The Morgan fingerprint density at radius 2 is 2.14 bits per heavy atom. The molecule has 0 saturated carbocycles. The Bertz CT molecular complexity index is 421. The number of methoxy groups -OCH3 is 1. The van der Waals surface area contributed by atoms with Crippen LogP contribution in [0.4, 0.5) is 0 Å². The highest BCUT2D eigenvalue weighted by Crippen LogP contribution is 2.30. The van der Waals surface area contributed by atoms with Crippen molar-refractivity contribution in [1.82, 2.24) is 5.32 Å². The Kier molecular flexibility index (Phi) is 6.68. The van der Waals surface area contributed by atoms with E-state index in [1.807, 2.05) is 0 Å². The minimum absolute atomic E-state index is 0.411. The average Bonchev–Trinajstić information content (AvgIpc) is 2.88. The zero-order valence-electron chi connectivity index (χ0n) is 13.6. The number of ether oxygens (including phenoxy) is 2. The van der Waals surface area contributed by atoms with Gasteiger partial charge in [-0.2, -0.15) is 0 Å². The summed E-state index contributed by atoms with van der Waals surface area (Å²) in [5.41, 5.74) is 2.83. The van der Waals surface area contributed by atoms with Gasteiger partial charge in [0.05, 0.1) is 18.8 Å². The highest BCUT2D eigenvalue weighted by molar-refractivity contribution is 5.29. The van der Waals surface area contributed by atoms with Crippen molar-refractivity contribution in [2.24, 2.45) is 0 Å². The molecule has 0 aliphatic carbocycles. The molecule has 0 spiro atoms. The largest absolute Gasteiger partial charge is 0.383 e. The topological polar surface area (TPSA) is 30.5 Å². The fraction of sp³-hybridized carbons (Fsp3) is 0.667. The highest BCUT2D eigenvalue weighted by Gasteiger charge is 2.26. The van der Waals surface area contributed by atoms with Crippen LogP contribution < -0.4 is 5.32 Å². The summed E-state index contributed by atoms with van der Waals surface area (Å²) in [4.78, 5) is 0. The molecule has 1 aliphatic heterocycles. The van der Waals surface area contributed by atoms with Crippen molar-refractivity contribution in [3.8, 4) is 0 Å². The van der Waals surface area contributed by atoms with Crippen LogP contribution >= 0.6 is 0 Å². The number of hydrogen-bond donors (Lipinski definition) is 1. The maximum Gasteiger partial charge on any atom is 0.0587 e. The van der Waals surface area contributed by atoms with Crippen molar-refractivity contribution >= 4 is 0 Å². The summed E-state index contributed by atoms with van der Waals surface area (Å²) >= 11 is 0. The maximum atomic E-state index is 6.03. The van der Waals surface area contributed by atoms with Crippen LogP contribution in [0.2, 0.25) is 0 Å². The van der Waals surface area contributed by atoms with Gasteiger partial charge in [-0.15, -0.1) is 0 Å². The van der Waals surface area contributed by atoms with E-state index >= 15 is 0 Å². The second-order valence-electron chi connectivity index (χ2n) is 6.13. The first-order valence-corrected chi connectivity index (χ1v) is 8.11. The molecule has 0 radical (unpaired) electrons. The van der Waals surface area contributed by atoms with Crippen LogP contribution in [-0.2, 0) is 9.47 Å². The minimum atomic E-state index is 0.411. The van der Waals surface area contributed by atoms with E-state index in [-0.39, 0.29) is 0 Å². The second-order valence-corrected chi connectivity index (χ2v) is 6.13. The molecule has 1 heterocycles. The smallest absolute Gasteiger partial charge is 0.0587 e. The van der Waals surface area contributed by atoms with Crippen molar-refractivity contribution in [2.45, 2.75) is 51.2 Å². The number of benzene rings is 1. The molecule has 0 bridgehead atoms. The predicted molar refractivity (Wildman–Crippen MR) is 86.9 cm³/mol. The van der Waals surface area contributed by atoms with Crippen LogP contribution in [0.25, 0.3) is 0 Å². The van der Waals surface area contributed by atoms with E-state index < -0.39 is 0 Å². The van der Waals surface area contributed by atoms with Gasteiger partial charge in [0.2, 0.25) is 0 Å². The zero-order valence-corrected chi connectivity index (χ0v) is 13.6. The van der Waals surface area contributed by atoms with E-state index in [9.17, 15) is 0 Å². The normalized spacial score (nSPS) is 23.4. The highest BCUT2D eigenvalue weighted by atomic mass is 16.5. The SMILES string of the molecule is COCCNCC(CC1CCC(C)O1)c1ccccc1C. The van der Waals surface area contributed by atoms with Crippen LogP contribution in [-0.4, -0.2) is 39.0 Å². The van der Waals surface area contributed by atoms with Crippen molar-refractivity contribution in [3.05, 3.63) is 35.4 Å². The Morgan fingerprint density at radius 3 is 2.81 bits per heavy atom. The molecule has 1 fully saturated rings. The van der Waals surface area contributed by atoms with Gasteiger partial charge in [0.25, 0.3) is 0 Å². The van der Waals surface area contributed by atoms with Gasteiger partial charge in [0, 0.05) is 20.2 Å². The molecule has 118 valence electrons. The maximum absolute atomic E-state index is 6.03. The molecule has 3 nitrogen and oxygen atoms in total. The minimum Gasteiger partial charge on any atom is -0.383 e. The number of aryl methyl sites for hydroxylation is 1. The third kappa shape index (κ3) is 5.10. The van der Waals surface area contributed by atoms with Crippen molar-refractivity contribution in [1.29, 1.82) is 0 Å². The summed E-state index contributed by atoms with van der Waals surface area (Å²) in [6.45, 7) is 7.04. The molecule has 1 aromatic carbocycles. The molecule has 1 N–H and O–H groups in total. The van der Waals surface area contributed by atoms with Gasteiger partial charge >= 0.3 is 0 Å².